The highest BCUT2D eigenvalue weighted by molar-refractivity contribution is 6.18. The van der Waals surface area contributed by atoms with Gasteiger partial charge in [-0.15, -0.1) is 11.6 Å². The Morgan fingerprint density at radius 2 is 1.86 bits per heavy atom. The summed E-state index contributed by atoms with van der Waals surface area (Å²) in [6, 6.07) is 11.5. The number of hydrogen-bond acceptors (Lipinski definition) is 1. The SMILES string of the molecule is COc1cccc(CC(CCl)Cc2cccc(F)c2)c1F. The monoisotopic (exact) mass is 310 g/mol. The molecule has 0 fully saturated rings. The van der Waals surface area contributed by atoms with Crippen molar-refractivity contribution in [2.45, 2.75) is 12.8 Å². The maximum Gasteiger partial charge on any atom is 0.168 e. The Labute approximate surface area is 128 Å². The molecular weight excluding hydrogens is 294 g/mol. The number of halogens is 3. The highest BCUT2D eigenvalue weighted by Gasteiger charge is 2.15. The molecule has 1 atom stereocenters. The summed E-state index contributed by atoms with van der Waals surface area (Å²) in [7, 11) is 1.44. The zero-order chi connectivity index (χ0) is 15.2. The van der Waals surface area contributed by atoms with E-state index in [4.69, 9.17) is 16.3 Å². The first-order valence-corrected chi connectivity index (χ1v) is 7.29. The van der Waals surface area contributed by atoms with Gasteiger partial charge in [-0.2, -0.15) is 0 Å². The summed E-state index contributed by atoms with van der Waals surface area (Å²) in [5, 5.41) is 0. The van der Waals surface area contributed by atoms with E-state index in [2.05, 4.69) is 0 Å². The number of rotatable bonds is 6. The van der Waals surface area contributed by atoms with Crippen molar-refractivity contribution in [1.29, 1.82) is 0 Å². The van der Waals surface area contributed by atoms with Crippen LogP contribution in [0.2, 0.25) is 0 Å². The molecule has 0 amide bonds. The molecule has 0 bridgehead atoms. The van der Waals surface area contributed by atoms with E-state index in [1.54, 1.807) is 24.3 Å². The Balaban J connectivity index is 2.12. The molecule has 0 N–H and O–H groups in total. The topological polar surface area (TPSA) is 9.23 Å². The maximum absolute atomic E-state index is 14.1. The lowest BCUT2D eigenvalue weighted by atomic mass is 9.93. The van der Waals surface area contributed by atoms with Gasteiger partial charge in [-0.25, -0.2) is 8.78 Å². The van der Waals surface area contributed by atoms with Crippen LogP contribution < -0.4 is 4.74 Å². The molecule has 0 heterocycles. The highest BCUT2D eigenvalue weighted by Crippen LogP contribution is 2.24. The van der Waals surface area contributed by atoms with Gasteiger partial charge < -0.3 is 4.74 Å². The Morgan fingerprint density at radius 3 is 2.52 bits per heavy atom. The predicted molar refractivity (Wildman–Crippen MR) is 81.0 cm³/mol. The highest BCUT2D eigenvalue weighted by atomic mass is 35.5. The van der Waals surface area contributed by atoms with Gasteiger partial charge >= 0.3 is 0 Å². The van der Waals surface area contributed by atoms with Crippen molar-refractivity contribution < 1.29 is 13.5 Å². The minimum absolute atomic E-state index is 0.0371. The molecule has 21 heavy (non-hydrogen) atoms. The van der Waals surface area contributed by atoms with E-state index in [1.807, 2.05) is 6.07 Å². The molecule has 4 heteroatoms. The van der Waals surface area contributed by atoms with Gasteiger partial charge in [-0.3, -0.25) is 0 Å². The normalized spacial score (nSPS) is 12.2. The number of methoxy groups -OCH3 is 1. The third kappa shape index (κ3) is 4.18. The molecule has 0 radical (unpaired) electrons. The lowest BCUT2D eigenvalue weighted by molar-refractivity contribution is 0.382. The third-order valence-electron chi connectivity index (χ3n) is 3.40. The van der Waals surface area contributed by atoms with E-state index >= 15 is 0 Å². The van der Waals surface area contributed by atoms with Gasteiger partial charge in [-0.05, 0) is 48.1 Å². The van der Waals surface area contributed by atoms with Crippen molar-refractivity contribution in [2.24, 2.45) is 5.92 Å². The summed E-state index contributed by atoms with van der Waals surface area (Å²) in [4.78, 5) is 0. The molecule has 0 spiro atoms. The van der Waals surface area contributed by atoms with E-state index < -0.39 is 0 Å². The average molecular weight is 311 g/mol. The number of ether oxygens (including phenoxy) is 1. The molecule has 2 aromatic rings. The van der Waals surface area contributed by atoms with Crippen LogP contribution >= 0.6 is 11.6 Å². The molecule has 2 aromatic carbocycles. The van der Waals surface area contributed by atoms with Crippen LogP contribution in [0.15, 0.2) is 42.5 Å². The van der Waals surface area contributed by atoms with Crippen LogP contribution in [0, 0.1) is 17.6 Å². The maximum atomic E-state index is 14.1. The van der Waals surface area contributed by atoms with Crippen LogP contribution in [0.25, 0.3) is 0 Å². The third-order valence-corrected chi connectivity index (χ3v) is 3.84. The molecule has 1 unspecified atom stereocenters. The molecule has 0 aromatic heterocycles. The second-order valence-electron chi connectivity index (χ2n) is 4.99. The van der Waals surface area contributed by atoms with Crippen molar-refractivity contribution >= 4 is 11.6 Å². The van der Waals surface area contributed by atoms with Crippen LogP contribution in [0.5, 0.6) is 5.75 Å². The fourth-order valence-electron chi connectivity index (χ4n) is 2.36. The first-order chi connectivity index (χ1) is 10.1. The van der Waals surface area contributed by atoms with E-state index in [-0.39, 0.29) is 23.3 Å². The largest absolute Gasteiger partial charge is 0.494 e. The number of alkyl halides is 1. The quantitative estimate of drug-likeness (QED) is 0.708. The summed E-state index contributed by atoms with van der Waals surface area (Å²) in [6.45, 7) is 0. The summed E-state index contributed by atoms with van der Waals surface area (Å²) >= 11 is 5.99. The van der Waals surface area contributed by atoms with Crippen molar-refractivity contribution in [1.82, 2.24) is 0 Å². The van der Waals surface area contributed by atoms with Crippen LogP contribution in [0.1, 0.15) is 11.1 Å². The minimum Gasteiger partial charge on any atom is -0.494 e. The molecule has 0 aliphatic heterocycles. The molecule has 112 valence electrons. The molecule has 2 rings (SSSR count). The van der Waals surface area contributed by atoms with Gasteiger partial charge in [0, 0.05) is 5.88 Å². The molecule has 0 aliphatic carbocycles. The summed E-state index contributed by atoms with van der Waals surface area (Å²) in [5.74, 6) is 0.0251. The average Bonchev–Trinajstić information content (AvgIpc) is 2.48. The molecule has 1 nitrogen and oxygen atoms in total. The van der Waals surface area contributed by atoms with Gasteiger partial charge in [-0.1, -0.05) is 24.3 Å². The van der Waals surface area contributed by atoms with E-state index in [9.17, 15) is 8.78 Å². The van der Waals surface area contributed by atoms with Crippen molar-refractivity contribution in [3.05, 3.63) is 65.2 Å². The first-order valence-electron chi connectivity index (χ1n) is 6.75. The Morgan fingerprint density at radius 1 is 1.10 bits per heavy atom. The summed E-state index contributed by atoms with van der Waals surface area (Å²) in [5.41, 5.74) is 1.43. The van der Waals surface area contributed by atoms with Gasteiger partial charge in [0.15, 0.2) is 11.6 Å². The fourth-order valence-corrected chi connectivity index (χ4v) is 2.58. The predicted octanol–water partition coefficient (Wildman–Crippen LogP) is 4.61. The zero-order valence-corrected chi connectivity index (χ0v) is 12.5. The molecular formula is C17H17ClF2O. The second-order valence-corrected chi connectivity index (χ2v) is 5.30. The van der Waals surface area contributed by atoms with Crippen LogP contribution in [0.4, 0.5) is 8.78 Å². The van der Waals surface area contributed by atoms with Crippen molar-refractivity contribution in [2.75, 3.05) is 13.0 Å². The lowest BCUT2D eigenvalue weighted by Crippen LogP contribution is -2.11. The Kier molecular flexibility index (Phi) is 5.57. The standard InChI is InChI=1S/C17H17ClF2O/c1-21-16-7-3-5-14(17(16)20)9-13(11-18)8-12-4-2-6-15(19)10-12/h2-7,10,13H,8-9,11H2,1H3. The van der Waals surface area contributed by atoms with Gasteiger partial charge in [0.2, 0.25) is 0 Å². The van der Waals surface area contributed by atoms with Crippen molar-refractivity contribution in [3.63, 3.8) is 0 Å². The van der Waals surface area contributed by atoms with Gasteiger partial charge in [0.1, 0.15) is 5.82 Å². The molecule has 0 aliphatic rings. The van der Waals surface area contributed by atoms with Crippen molar-refractivity contribution in [3.8, 4) is 5.75 Å². The molecule has 0 saturated carbocycles. The van der Waals surface area contributed by atoms with Crippen LogP contribution in [-0.4, -0.2) is 13.0 Å². The van der Waals surface area contributed by atoms with E-state index in [0.717, 1.165) is 5.56 Å². The Bertz CT molecular complexity index is 601. The van der Waals surface area contributed by atoms with E-state index in [0.29, 0.717) is 24.3 Å². The summed E-state index contributed by atoms with van der Waals surface area (Å²) < 4.78 is 32.3. The fraction of sp³-hybridized carbons (Fsp3) is 0.294. The zero-order valence-electron chi connectivity index (χ0n) is 11.8. The lowest BCUT2D eigenvalue weighted by Gasteiger charge is -2.15. The number of benzene rings is 2. The second kappa shape index (κ2) is 7.41. The van der Waals surface area contributed by atoms with Crippen LogP contribution in [-0.2, 0) is 12.8 Å². The number of hydrogen-bond donors (Lipinski definition) is 0. The Hall–Kier alpha value is -1.61. The van der Waals surface area contributed by atoms with Gasteiger partial charge in [0.05, 0.1) is 7.11 Å². The van der Waals surface area contributed by atoms with E-state index in [1.165, 1.54) is 19.2 Å². The van der Waals surface area contributed by atoms with Gasteiger partial charge in [0.25, 0.3) is 0 Å². The molecule has 0 saturated heterocycles. The summed E-state index contributed by atoms with van der Waals surface area (Å²) in [6.07, 6.45) is 1.10. The minimum atomic E-state index is -0.352. The van der Waals surface area contributed by atoms with Crippen LogP contribution in [0.3, 0.4) is 0 Å². The smallest absolute Gasteiger partial charge is 0.168 e. The first kappa shape index (κ1) is 15.8.